The van der Waals surface area contributed by atoms with Crippen molar-refractivity contribution in [2.24, 2.45) is 11.8 Å². The number of carbonyl (C=O) groups is 4. The van der Waals surface area contributed by atoms with Crippen molar-refractivity contribution in [1.29, 1.82) is 0 Å². The average Bonchev–Trinajstić information content (AvgIpc) is 2.76. The molecule has 2 saturated heterocycles. The van der Waals surface area contributed by atoms with Crippen molar-refractivity contribution in [2.45, 2.75) is 78.4 Å². The Hall–Kier alpha value is -2.36. The summed E-state index contributed by atoms with van der Waals surface area (Å²) in [6.45, 7) is 13.4. The normalized spacial score (nSPS) is 17.9. The lowest BCUT2D eigenvalue weighted by atomic mass is 9.96. The molecular weight excluding hydrogens is 442 g/mol. The van der Waals surface area contributed by atoms with E-state index in [1.165, 1.54) is 12.2 Å². The fourth-order valence-corrected chi connectivity index (χ4v) is 3.53. The van der Waals surface area contributed by atoms with Gasteiger partial charge in [0.2, 0.25) is 5.91 Å². The minimum Gasteiger partial charge on any atom is -0.444 e. The minimum absolute atomic E-state index is 0.0358. The van der Waals surface area contributed by atoms with E-state index in [1.807, 2.05) is 41.5 Å². The molecule has 0 radical (unpaired) electrons. The zero-order chi connectivity index (χ0) is 26.1. The van der Waals surface area contributed by atoms with E-state index in [0.717, 1.165) is 19.1 Å². The number of hydrogen-bond donors (Lipinski definition) is 0. The van der Waals surface area contributed by atoms with Crippen LogP contribution in [0.25, 0.3) is 0 Å². The molecule has 3 amide bonds. The van der Waals surface area contributed by atoms with Crippen molar-refractivity contribution < 1.29 is 33.5 Å². The molecule has 34 heavy (non-hydrogen) atoms. The monoisotopic (exact) mass is 485 g/mol. The number of likely N-dealkylation sites (tertiary alicyclic amines) is 2. The van der Waals surface area contributed by atoms with Crippen LogP contribution in [0.3, 0.4) is 0 Å². The highest BCUT2D eigenvalue weighted by molar-refractivity contribution is 5.78. The van der Waals surface area contributed by atoms with Gasteiger partial charge in [0, 0.05) is 45.1 Å². The molecule has 2 fully saturated rings. The summed E-state index contributed by atoms with van der Waals surface area (Å²) in [6.07, 6.45) is 3.19. The first kappa shape index (κ1) is 29.7. The first-order valence-electron chi connectivity index (χ1n) is 11.9. The number of piperidine rings is 2. The summed E-state index contributed by atoms with van der Waals surface area (Å²) in [6, 6.07) is 0. The summed E-state index contributed by atoms with van der Waals surface area (Å²) in [4.78, 5) is 54.1. The molecule has 0 spiro atoms. The van der Waals surface area contributed by atoms with Gasteiger partial charge < -0.3 is 24.1 Å². The zero-order valence-corrected chi connectivity index (χ0v) is 22.1. The quantitative estimate of drug-likeness (QED) is 0.445. The van der Waals surface area contributed by atoms with Crippen LogP contribution in [0.5, 0.6) is 0 Å². The number of hydroxylamine groups is 2. The molecule has 2 aliphatic heterocycles. The van der Waals surface area contributed by atoms with E-state index in [0.29, 0.717) is 39.0 Å². The number of ether oxygens (including phenoxy) is 2. The maximum atomic E-state index is 11.9. The van der Waals surface area contributed by atoms with Crippen molar-refractivity contribution in [3.63, 3.8) is 0 Å². The van der Waals surface area contributed by atoms with Gasteiger partial charge in [-0.15, -0.1) is 0 Å². The summed E-state index contributed by atoms with van der Waals surface area (Å²) in [7, 11) is 3.07. The molecule has 0 aromatic rings. The third-order valence-electron chi connectivity index (χ3n) is 5.46. The molecule has 0 aromatic carbocycles. The van der Waals surface area contributed by atoms with Crippen molar-refractivity contribution >= 4 is 24.4 Å². The highest BCUT2D eigenvalue weighted by Gasteiger charge is 2.31. The Bertz CT molecular complexity index is 684. The fourth-order valence-electron chi connectivity index (χ4n) is 3.53. The van der Waals surface area contributed by atoms with Gasteiger partial charge in [0.05, 0.1) is 7.11 Å². The Kier molecular flexibility index (Phi) is 11.3. The minimum atomic E-state index is -0.486. The maximum Gasteiger partial charge on any atom is 0.410 e. The number of amides is 3. The highest BCUT2D eigenvalue weighted by atomic mass is 16.7. The van der Waals surface area contributed by atoms with E-state index < -0.39 is 11.2 Å². The number of rotatable bonds is 3. The number of hydrogen-bond acceptors (Lipinski definition) is 7. The lowest BCUT2D eigenvalue weighted by Gasteiger charge is -2.33. The van der Waals surface area contributed by atoms with Gasteiger partial charge in [0.25, 0.3) is 0 Å². The summed E-state index contributed by atoms with van der Waals surface area (Å²) < 4.78 is 10.6. The Morgan fingerprint density at radius 2 is 1.18 bits per heavy atom. The molecule has 0 bridgehead atoms. The molecule has 10 nitrogen and oxygen atoms in total. The summed E-state index contributed by atoms with van der Waals surface area (Å²) >= 11 is 0. The molecule has 0 aromatic heterocycles. The molecule has 10 heteroatoms. The third kappa shape index (κ3) is 10.7. The Morgan fingerprint density at radius 1 is 0.794 bits per heavy atom. The molecule has 2 heterocycles. The first-order valence-corrected chi connectivity index (χ1v) is 11.9. The maximum absolute atomic E-state index is 11.9. The van der Waals surface area contributed by atoms with E-state index in [4.69, 9.17) is 14.3 Å². The van der Waals surface area contributed by atoms with Crippen LogP contribution in [0.15, 0.2) is 0 Å². The Labute approximate surface area is 203 Å². The van der Waals surface area contributed by atoms with Crippen LogP contribution in [0.4, 0.5) is 9.59 Å². The van der Waals surface area contributed by atoms with Gasteiger partial charge in [0.1, 0.15) is 17.5 Å². The van der Waals surface area contributed by atoms with Crippen LogP contribution in [0.2, 0.25) is 0 Å². The Balaban J connectivity index is 0.000000350. The SMILES string of the molecule is CC(C)(C)OC(=O)N1CCC(C=O)CC1.CON(C)C(=O)C1CCN(C(=O)OC(C)(C)C)CC1. The topological polar surface area (TPSA) is 106 Å². The van der Waals surface area contributed by atoms with Crippen LogP contribution < -0.4 is 0 Å². The molecule has 2 aliphatic rings. The molecule has 0 N–H and O–H groups in total. The summed E-state index contributed by atoms with van der Waals surface area (Å²) in [5.74, 6) is -0.00124. The highest BCUT2D eigenvalue weighted by Crippen LogP contribution is 2.21. The van der Waals surface area contributed by atoms with Gasteiger partial charge in [-0.1, -0.05) is 0 Å². The standard InChI is InChI=1S/C13H24N2O4.C11H19NO3/c1-13(2,3)19-12(17)15-8-6-10(7-9-15)11(16)14(4)18-5;1-11(2,3)15-10(14)12-6-4-9(8-13)5-7-12/h10H,6-9H2,1-5H3;8-9H,4-7H2,1-3H3. The van der Waals surface area contributed by atoms with E-state index in [-0.39, 0.29) is 29.9 Å². The van der Waals surface area contributed by atoms with Gasteiger partial charge in [-0.25, -0.2) is 14.7 Å². The van der Waals surface area contributed by atoms with Crippen LogP contribution in [0, 0.1) is 11.8 Å². The summed E-state index contributed by atoms with van der Waals surface area (Å²) in [5, 5.41) is 1.24. The van der Waals surface area contributed by atoms with Gasteiger partial charge in [-0.05, 0) is 67.2 Å². The second-order valence-electron chi connectivity index (χ2n) is 10.7. The van der Waals surface area contributed by atoms with Gasteiger partial charge in [0.15, 0.2) is 0 Å². The third-order valence-corrected chi connectivity index (χ3v) is 5.46. The summed E-state index contributed by atoms with van der Waals surface area (Å²) in [5.41, 5.74) is -0.932. The fraction of sp³-hybridized carbons (Fsp3) is 0.833. The molecule has 0 saturated carbocycles. The van der Waals surface area contributed by atoms with Crippen molar-refractivity contribution in [3.05, 3.63) is 0 Å². The van der Waals surface area contributed by atoms with E-state index in [1.54, 1.807) is 16.8 Å². The van der Waals surface area contributed by atoms with Crippen molar-refractivity contribution in [3.8, 4) is 0 Å². The van der Waals surface area contributed by atoms with E-state index >= 15 is 0 Å². The van der Waals surface area contributed by atoms with Crippen LogP contribution >= 0.6 is 0 Å². The van der Waals surface area contributed by atoms with Gasteiger partial charge >= 0.3 is 12.2 Å². The van der Waals surface area contributed by atoms with Gasteiger partial charge in [-0.3, -0.25) is 9.63 Å². The average molecular weight is 486 g/mol. The molecule has 196 valence electrons. The molecule has 0 unspecified atom stereocenters. The van der Waals surface area contributed by atoms with Gasteiger partial charge in [-0.2, -0.15) is 0 Å². The van der Waals surface area contributed by atoms with E-state index in [9.17, 15) is 19.2 Å². The molecule has 0 aliphatic carbocycles. The predicted octanol–water partition coefficient (Wildman–Crippen LogP) is 3.49. The van der Waals surface area contributed by atoms with Crippen LogP contribution in [-0.4, -0.2) is 90.8 Å². The Morgan fingerprint density at radius 3 is 1.50 bits per heavy atom. The lowest BCUT2D eigenvalue weighted by Crippen LogP contribution is -2.45. The predicted molar refractivity (Wildman–Crippen MR) is 127 cm³/mol. The van der Waals surface area contributed by atoms with Crippen molar-refractivity contribution in [1.82, 2.24) is 14.9 Å². The zero-order valence-electron chi connectivity index (χ0n) is 22.1. The largest absolute Gasteiger partial charge is 0.444 e. The first-order chi connectivity index (χ1) is 15.7. The molecule has 0 atom stereocenters. The smallest absolute Gasteiger partial charge is 0.410 e. The number of aldehydes is 1. The number of carbonyl (C=O) groups excluding carboxylic acids is 4. The molecular formula is C24H43N3O7. The second-order valence-corrected chi connectivity index (χ2v) is 10.7. The molecule has 2 rings (SSSR count). The van der Waals surface area contributed by atoms with Crippen LogP contribution in [0.1, 0.15) is 67.2 Å². The second kappa shape index (κ2) is 12.9. The van der Waals surface area contributed by atoms with Crippen molar-refractivity contribution in [2.75, 3.05) is 40.3 Å². The lowest BCUT2D eigenvalue weighted by molar-refractivity contribution is -0.174. The number of nitrogens with zero attached hydrogens (tertiary/aromatic N) is 3. The van der Waals surface area contributed by atoms with E-state index in [2.05, 4.69) is 0 Å². The van der Waals surface area contributed by atoms with Crippen LogP contribution in [-0.2, 0) is 23.9 Å².